The van der Waals surface area contributed by atoms with Crippen molar-refractivity contribution < 1.29 is 24.3 Å². The highest BCUT2D eigenvalue weighted by Crippen LogP contribution is 2.06. The van der Waals surface area contributed by atoms with E-state index >= 15 is 0 Å². The average Bonchev–Trinajstić information content (AvgIpc) is 2.11. The van der Waals surface area contributed by atoms with Crippen LogP contribution in [0.2, 0.25) is 0 Å². The lowest BCUT2D eigenvalue weighted by atomic mass is 10.1. The monoisotopic (exact) mass is 219 g/mol. The minimum atomic E-state index is -1.48. The fourth-order valence-corrected chi connectivity index (χ4v) is 0.485. The molecule has 0 fully saturated rings. The van der Waals surface area contributed by atoms with Gasteiger partial charge >= 0.3 is 12.1 Å². The Morgan fingerprint density at radius 3 is 2.33 bits per heavy atom. The van der Waals surface area contributed by atoms with Gasteiger partial charge in [0, 0.05) is 0 Å². The molecule has 0 aliphatic heterocycles. The van der Waals surface area contributed by atoms with E-state index in [-0.39, 0.29) is 12.5 Å². The molecule has 0 aliphatic carbocycles. The van der Waals surface area contributed by atoms with E-state index in [1.807, 2.05) is 19.3 Å². The number of carboxylic acid groups (broad SMARTS) is 1. The van der Waals surface area contributed by atoms with Crippen LogP contribution < -0.4 is 5.48 Å². The Balaban J connectivity index is 3.85. The largest absolute Gasteiger partial charge is 0.479 e. The highest BCUT2D eigenvalue weighted by Gasteiger charge is 2.29. The smallest absolute Gasteiger partial charge is 0.431 e. The standard InChI is InChI=1S/C9H17NO5/c1-6(2)5-14-8(13)10-15-9(3,4)7(11)12/h6H,5H2,1-4H3,(H,10,13)(H,11,12). The minimum absolute atomic E-state index is 0.211. The fraction of sp³-hybridized carbons (Fsp3) is 0.778. The van der Waals surface area contributed by atoms with E-state index in [4.69, 9.17) is 9.84 Å². The molecule has 0 radical (unpaired) electrons. The first-order valence-electron chi connectivity index (χ1n) is 4.60. The molecule has 0 bridgehead atoms. The molecule has 0 spiro atoms. The summed E-state index contributed by atoms with van der Waals surface area (Å²) in [5.41, 5.74) is 0.442. The Morgan fingerprint density at radius 2 is 1.93 bits per heavy atom. The molecule has 0 saturated heterocycles. The van der Waals surface area contributed by atoms with Gasteiger partial charge in [-0.15, -0.1) is 0 Å². The summed E-state index contributed by atoms with van der Waals surface area (Å²) in [5.74, 6) is -0.963. The molecule has 0 saturated carbocycles. The van der Waals surface area contributed by atoms with Gasteiger partial charge in [0.15, 0.2) is 5.60 Å². The highest BCUT2D eigenvalue weighted by molar-refractivity contribution is 5.76. The van der Waals surface area contributed by atoms with Crippen LogP contribution >= 0.6 is 0 Å². The van der Waals surface area contributed by atoms with Crippen LogP contribution in [0.5, 0.6) is 0 Å². The lowest BCUT2D eigenvalue weighted by molar-refractivity contribution is -0.168. The van der Waals surface area contributed by atoms with E-state index in [9.17, 15) is 9.59 Å². The number of hydrogen-bond acceptors (Lipinski definition) is 4. The second-order valence-corrected chi connectivity index (χ2v) is 4.01. The Hall–Kier alpha value is -1.30. The van der Waals surface area contributed by atoms with Gasteiger partial charge in [-0.2, -0.15) is 5.48 Å². The number of hydroxylamine groups is 1. The Labute approximate surface area is 88.5 Å². The summed E-state index contributed by atoms with van der Waals surface area (Å²) in [6.45, 7) is 6.66. The number of carboxylic acids is 1. The van der Waals surface area contributed by atoms with Crippen molar-refractivity contribution in [2.45, 2.75) is 33.3 Å². The molecule has 1 amide bonds. The van der Waals surface area contributed by atoms with Crippen LogP contribution in [0.3, 0.4) is 0 Å². The Bertz CT molecular complexity index is 237. The van der Waals surface area contributed by atoms with Crippen LogP contribution in [0.15, 0.2) is 0 Å². The van der Waals surface area contributed by atoms with Gasteiger partial charge in [-0.25, -0.2) is 9.59 Å². The maximum atomic E-state index is 11.0. The van der Waals surface area contributed by atoms with Crippen molar-refractivity contribution in [3.05, 3.63) is 0 Å². The molecule has 15 heavy (non-hydrogen) atoms. The molecule has 0 aliphatic rings. The topological polar surface area (TPSA) is 84.9 Å². The quantitative estimate of drug-likeness (QED) is 0.678. The molecule has 0 heterocycles. The highest BCUT2D eigenvalue weighted by atomic mass is 16.7. The van der Waals surface area contributed by atoms with Gasteiger partial charge in [0.05, 0.1) is 6.61 Å². The molecule has 0 aromatic heterocycles. The zero-order valence-electron chi connectivity index (χ0n) is 9.36. The van der Waals surface area contributed by atoms with Crippen LogP contribution in [0.25, 0.3) is 0 Å². The summed E-state index contributed by atoms with van der Waals surface area (Å²) < 4.78 is 4.71. The van der Waals surface area contributed by atoms with E-state index in [2.05, 4.69) is 4.84 Å². The molecule has 6 nitrogen and oxygen atoms in total. The van der Waals surface area contributed by atoms with Gasteiger partial charge in [0.1, 0.15) is 0 Å². The third-order valence-corrected chi connectivity index (χ3v) is 1.45. The van der Waals surface area contributed by atoms with Crippen molar-refractivity contribution in [3.63, 3.8) is 0 Å². The second-order valence-electron chi connectivity index (χ2n) is 4.01. The second kappa shape index (κ2) is 5.55. The number of aliphatic carboxylic acids is 1. The van der Waals surface area contributed by atoms with E-state index in [1.165, 1.54) is 13.8 Å². The molecule has 0 rings (SSSR count). The predicted molar refractivity (Wildman–Crippen MR) is 52.1 cm³/mol. The summed E-state index contributed by atoms with van der Waals surface area (Å²) in [6.07, 6.45) is -0.793. The molecule has 88 valence electrons. The molecule has 0 aromatic carbocycles. The summed E-state index contributed by atoms with van der Waals surface area (Å²) in [5, 5.41) is 8.66. The van der Waals surface area contributed by atoms with Crippen molar-refractivity contribution in [1.82, 2.24) is 5.48 Å². The molecule has 0 aromatic rings. The lowest BCUT2D eigenvalue weighted by Crippen LogP contribution is -2.42. The zero-order valence-corrected chi connectivity index (χ0v) is 9.36. The van der Waals surface area contributed by atoms with Crippen LogP contribution in [-0.2, 0) is 14.4 Å². The number of carbonyl (C=O) groups is 2. The lowest BCUT2D eigenvalue weighted by Gasteiger charge is -2.19. The minimum Gasteiger partial charge on any atom is -0.479 e. The number of rotatable bonds is 5. The van der Waals surface area contributed by atoms with Gasteiger partial charge in [0.2, 0.25) is 0 Å². The molecular weight excluding hydrogens is 202 g/mol. The van der Waals surface area contributed by atoms with Crippen molar-refractivity contribution in [2.75, 3.05) is 6.61 Å². The number of amides is 1. The van der Waals surface area contributed by atoms with Crippen molar-refractivity contribution in [2.24, 2.45) is 5.92 Å². The summed E-state index contributed by atoms with van der Waals surface area (Å²) in [6, 6.07) is 0. The summed E-state index contributed by atoms with van der Waals surface area (Å²) >= 11 is 0. The van der Waals surface area contributed by atoms with Gasteiger partial charge in [-0.05, 0) is 19.8 Å². The fourth-order valence-electron chi connectivity index (χ4n) is 0.485. The molecule has 6 heteroatoms. The molecule has 0 unspecified atom stereocenters. The first-order chi connectivity index (χ1) is 6.75. The number of nitrogens with one attached hydrogen (secondary N) is 1. The van der Waals surface area contributed by atoms with Crippen molar-refractivity contribution >= 4 is 12.1 Å². The molecule has 0 atom stereocenters. The first kappa shape index (κ1) is 13.7. The maximum absolute atomic E-state index is 11.0. The van der Waals surface area contributed by atoms with Gasteiger partial charge < -0.3 is 9.84 Å². The van der Waals surface area contributed by atoms with E-state index < -0.39 is 17.7 Å². The average molecular weight is 219 g/mol. The molecular formula is C9H17NO5. The predicted octanol–water partition coefficient (Wildman–Crippen LogP) is 1.16. The van der Waals surface area contributed by atoms with E-state index in [1.54, 1.807) is 0 Å². The van der Waals surface area contributed by atoms with Crippen molar-refractivity contribution in [3.8, 4) is 0 Å². The van der Waals surface area contributed by atoms with Gasteiger partial charge in [0.25, 0.3) is 0 Å². The Morgan fingerprint density at radius 1 is 1.40 bits per heavy atom. The Kier molecular flexibility index (Phi) is 5.07. The first-order valence-corrected chi connectivity index (χ1v) is 4.60. The van der Waals surface area contributed by atoms with Gasteiger partial charge in [-0.1, -0.05) is 13.8 Å². The van der Waals surface area contributed by atoms with Crippen LogP contribution in [0, 0.1) is 5.92 Å². The number of ether oxygens (including phenoxy) is 1. The third-order valence-electron chi connectivity index (χ3n) is 1.45. The zero-order chi connectivity index (χ0) is 12.1. The molecule has 2 N–H and O–H groups in total. The van der Waals surface area contributed by atoms with Crippen LogP contribution in [-0.4, -0.2) is 29.4 Å². The third kappa shape index (κ3) is 5.90. The van der Waals surface area contributed by atoms with E-state index in [0.717, 1.165) is 0 Å². The van der Waals surface area contributed by atoms with Crippen molar-refractivity contribution in [1.29, 1.82) is 0 Å². The van der Waals surface area contributed by atoms with E-state index in [0.29, 0.717) is 0 Å². The summed E-state index contributed by atoms with van der Waals surface area (Å²) in [4.78, 5) is 26.2. The van der Waals surface area contributed by atoms with Crippen LogP contribution in [0.1, 0.15) is 27.7 Å². The van der Waals surface area contributed by atoms with Crippen LogP contribution in [0.4, 0.5) is 4.79 Å². The normalized spacial score (nSPS) is 11.3. The number of hydrogen-bond donors (Lipinski definition) is 2. The summed E-state index contributed by atoms with van der Waals surface area (Å²) in [7, 11) is 0. The number of carbonyl (C=O) groups excluding carboxylic acids is 1. The SMILES string of the molecule is CC(C)COC(=O)NOC(C)(C)C(=O)O. The maximum Gasteiger partial charge on any atom is 0.431 e. The van der Waals surface area contributed by atoms with Gasteiger partial charge in [-0.3, -0.25) is 4.84 Å².